The van der Waals surface area contributed by atoms with Crippen molar-refractivity contribution in [2.24, 2.45) is 5.92 Å². The van der Waals surface area contributed by atoms with Crippen molar-refractivity contribution in [2.45, 2.75) is 70.9 Å². The molecule has 0 radical (unpaired) electrons. The second-order valence-electron chi connectivity index (χ2n) is 5.79. The fourth-order valence-corrected chi connectivity index (χ4v) is 2.45. The van der Waals surface area contributed by atoms with E-state index in [0.29, 0.717) is 5.92 Å². The Morgan fingerprint density at radius 2 is 2.11 bits per heavy atom. The average Bonchev–Trinajstić information content (AvgIpc) is 2.85. The van der Waals surface area contributed by atoms with Crippen molar-refractivity contribution >= 4 is 5.97 Å². The minimum Gasteiger partial charge on any atom is -0.461 e. The van der Waals surface area contributed by atoms with Crippen molar-refractivity contribution in [1.82, 2.24) is 5.32 Å². The second-order valence-corrected chi connectivity index (χ2v) is 5.79. The highest BCUT2D eigenvalue weighted by molar-refractivity contribution is 5.76. The van der Waals surface area contributed by atoms with Crippen LogP contribution in [0, 0.1) is 18.3 Å². The number of hydrogen-bond donors (Lipinski definition) is 1. The van der Waals surface area contributed by atoms with Gasteiger partial charge in [-0.05, 0) is 51.0 Å². The maximum Gasteiger partial charge on any atom is 0.323 e. The Kier molecular flexibility index (Phi) is 7.59. The summed E-state index contributed by atoms with van der Waals surface area (Å²) in [6.07, 6.45) is 12.3. The highest BCUT2D eigenvalue weighted by atomic mass is 16.5. The van der Waals surface area contributed by atoms with Crippen LogP contribution in [0.4, 0.5) is 0 Å². The quantitative estimate of drug-likeness (QED) is 0.416. The van der Waals surface area contributed by atoms with E-state index < -0.39 is 0 Å². The molecule has 0 aromatic heterocycles. The summed E-state index contributed by atoms with van der Waals surface area (Å²) in [5.41, 5.74) is 0. The minimum atomic E-state index is -0.182. The van der Waals surface area contributed by atoms with Crippen LogP contribution in [0.25, 0.3) is 0 Å². The van der Waals surface area contributed by atoms with Crippen LogP contribution in [0.2, 0.25) is 0 Å². The molecule has 1 unspecified atom stereocenters. The number of esters is 1. The summed E-state index contributed by atoms with van der Waals surface area (Å²) in [6, 6.07) is -0.182. The van der Waals surface area contributed by atoms with Gasteiger partial charge < -0.3 is 10.1 Å². The van der Waals surface area contributed by atoms with E-state index in [4.69, 9.17) is 11.2 Å². The predicted molar refractivity (Wildman–Crippen MR) is 77.7 cm³/mol. The van der Waals surface area contributed by atoms with Crippen molar-refractivity contribution in [3.63, 3.8) is 0 Å². The molecule has 3 nitrogen and oxygen atoms in total. The van der Waals surface area contributed by atoms with Gasteiger partial charge in [-0.15, -0.1) is 12.3 Å². The molecular weight excluding hydrogens is 238 g/mol. The number of nitrogens with one attached hydrogen (secondary N) is 1. The van der Waals surface area contributed by atoms with Crippen molar-refractivity contribution in [2.75, 3.05) is 6.54 Å². The van der Waals surface area contributed by atoms with Gasteiger partial charge in [0.25, 0.3) is 0 Å². The Bertz CT molecular complexity index is 300. The van der Waals surface area contributed by atoms with Gasteiger partial charge in [-0.2, -0.15) is 0 Å². The van der Waals surface area contributed by atoms with Gasteiger partial charge in [0.05, 0.1) is 0 Å². The predicted octanol–water partition coefficient (Wildman–Crippen LogP) is 2.89. The lowest BCUT2D eigenvalue weighted by molar-refractivity contribution is -0.151. The number of unbranched alkanes of at least 4 members (excludes halogenated alkanes) is 1. The molecule has 0 aliphatic heterocycles. The highest BCUT2D eigenvalue weighted by Crippen LogP contribution is 2.22. The molecule has 3 heteroatoms. The Hall–Kier alpha value is -1.01. The third-order valence-electron chi connectivity index (χ3n) is 3.47. The molecule has 0 saturated heterocycles. The van der Waals surface area contributed by atoms with Crippen LogP contribution in [0.15, 0.2) is 0 Å². The van der Waals surface area contributed by atoms with Crippen LogP contribution in [0.5, 0.6) is 0 Å². The Balaban J connectivity index is 2.37. The SMILES string of the molecule is C#CCCCNC(CC(C)C)C(=O)OC1CCCC1. The van der Waals surface area contributed by atoms with Crippen LogP contribution < -0.4 is 5.32 Å². The summed E-state index contributed by atoms with van der Waals surface area (Å²) in [5, 5.41) is 3.29. The Morgan fingerprint density at radius 3 is 2.68 bits per heavy atom. The molecular formula is C16H27NO2. The number of terminal acetylenes is 1. The van der Waals surface area contributed by atoms with Crippen LogP contribution in [0.3, 0.4) is 0 Å². The zero-order valence-corrected chi connectivity index (χ0v) is 12.3. The first-order valence-electron chi connectivity index (χ1n) is 7.50. The van der Waals surface area contributed by atoms with Crippen molar-refractivity contribution in [3.05, 3.63) is 0 Å². The normalized spacial score (nSPS) is 17.4. The zero-order valence-electron chi connectivity index (χ0n) is 12.3. The fraction of sp³-hybridized carbons (Fsp3) is 0.812. The number of ether oxygens (including phenoxy) is 1. The number of carbonyl (C=O) groups is 1. The van der Waals surface area contributed by atoms with Gasteiger partial charge in [-0.1, -0.05) is 13.8 Å². The molecule has 1 saturated carbocycles. The largest absolute Gasteiger partial charge is 0.461 e. The second kappa shape index (κ2) is 8.98. The van der Waals surface area contributed by atoms with Crippen LogP contribution >= 0.6 is 0 Å². The van der Waals surface area contributed by atoms with Gasteiger partial charge in [0, 0.05) is 6.42 Å². The monoisotopic (exact) mass is 265 g/mol. The molecule has 1 fully saturated rings. The lowest BCUT2D eigenvalue weighted by Crippen LogP contribution is -2.40. The number of hydrogen-bond acceptors (Lipinski definition) is 3. The van der Waals surface area contributed by atoms with E-state index in [1.54, 1.807) is 0 Å². The molecule has 0 aromatic rings. The molecule has 0 bridgehead atoms. The molecule has 0 amide bonds. The molecule has 0 heterocycles. The van der Waals surface area contributed by atoms with Crippen LogP contribution in [0.1, 0.15) is 58.8 Å². The van der Waals surface area contributed by atoms with Gasteiger partial charge in [0.1, 0.15) is 12.1 Å². The standard InChI is InChI=1S/C16H27NO2/c1-4-5-8-11-17-15(12-13(2)3)16(18)19-14-9-6-7-10-14/h1,13-15,17H,5-12H2,2-3H3. The third-order valence-corrected chi connectivity index (χ3v) is 3.47. The Labute approximate surface area is 117 Å². The lowest BCUT2D eigenvalue weighted by Gasteiger charge is -2.21. The molecule has 108 valence electrons. The minimum absolute atomic E-state index is 0.0821. The summed E-state index contributed by atoms with van der Waals surface area (Å²) < 4.78 is 5.59. The van der Waals surface area contributed by atoms with Crippen molar-refractivity contribution in [1.29, 1.82) is 0 Å². The highest BCUT2D eigenvalue weighted by Gasteiger charge is 2.25. The first-order chi connectivity index (χ1) is 9.13. The van der Waals surface area contributed by atoms with Crippen molar-refractivity contribution < 1.29 is 9.53 Å². The van der Waals surface area contributed by atoms with E-state index in [0.717, 1.165) is 38.6 Å². The smallest absolute Gasteiger partial charge is 0.323 e. The van der Waals surface area contributed by atoms with Crippen LogP contribution in [-0.4, -0.2) is 24.7 Å². The number of carbonyl (C=O) groups excluding carboxylic acids is 1. The van der Waals surface area contributed by atoms with E-state index in [9.17, 15) is 4.79 Å². The average molecular weight is 265 g/mol. The molecule has 19 heavy (non-hydrogen) atoms. The maximum atomic E-state index is 12.2. The first kappa shape index (κ1) is 16.0. The van der Waals surface area contributed by atoms with Gasteiger partial charge in [0.15, 0.2) is 0 Å². The summed E-state index contributed by atoms with van der Waals surface area (Å²) in [7, 11) is 0. The molecule has 1 rings (SSSR count). The van der Waals surface area contributed by atoms with E-state index in [1.165, 1.54) is 12.8 Å². The van der Waals surface area contributed by atoms with Gasteiger partial charge in [0.2, 0.25) is 0 Å². The summed E-state index contributed by atoms with van der Waals surface area (Å²) in [4.78, 5) is 12.2. The fourth-order valence-electron chi connectivity index (χ4n) is 2.45. The third kappa shape index (κ3) is 6.63. The van der Waals surface area contributed by atoms with E-state index in [1.807, 2.05) is 0 Å². The van der Waals surface area contributed by atoms with E-state index in [2.05, 4.69) is 25.1 Å². The molecule has 1 atom stereocenters. The zero-order chi connectivity index (χ0) is 14.1. The van der Waals surface area contributed by atoms with Crippen molar-refractivity contribution in [3.8, 4) is 12.3 Å². The maximum absolute atomic E-state index is 12.2. The summed E-state index contributed by atoms with van der Waals surface area (Å²) >= 11 is 0. The number of rotatable bonds is 8. The summed E-state index contributed by atoms with van der Waals surface area (Å²) in [6.45, 7) is 5.03. The molecule has 1 aliphatic rings. The molecule has 1 aliphatic carbocycles. The topological polar surface area (TPSA) is 38.3 Å². The lowest BCUT2D eigenvalue weighted by atomic mass is 10.0. The molecule has 1 N–H and O–H groups in total. The van der Waals surface area contributed by atoms with E-state index >= 15 is 0 Å². The van der Waals surface area contributed by atoms with Crippen LogP contribution in [-0.2, 0) is 9.53 Å². The Morgan fingerprint density at radius 1 is 1.42 bits per heavy atom. The van der Waals surface area contributed by atoms with Gasteiger partial charge in [-0.3, -0.25) is 4.79 Å². The van der Waals surface area contributed by atoms with Gasteiger partial charge in [-0.25, -0.2) is 0 Å². The van der Waals surface area contributed by atoms with Gasteiger partial charge >= 0.3 is 5.97 Å². The first-order valence-corrected chi connectivity index (χ1v) is 7.50. The molecule has 0 spiro atoms. The molecule has 0 aromatic carbocycles. The summed E-state index contributed by atoms with van der Waals surface area (Å²) in [5.74, 6) is 3.01. The van der Waals surface area contributed by atoms with E-state index in [-0.39, 0.29) is 18.1 Å².